The van der Waals surface area contributed by atoms with Crippen LogP contribution in [0.3, 0.4) is 0 Å². The van der Waals surface area contributed by atoms with E-state index in [0.717, 1.165) is 37.0 Å². The van der Waals surface area contributed by atoms with Gasteiger partial charge in [-0.2, -0.15) is 5.26 Å². The first kappa shape index (κ1) is 14.9. The van der Waals surface area contributed by atoms with Crippen molar-refractivity contribution in [3.8, 4) is 6.07 Å². The van der Waals surface area contributed by atoms with E-state index in [1.165, 1.54) is 0 Å². The summed E-state index contributed by atoms with van der Waals surface area (Å²) in [5, 5.41) is 24.3. The Labute approximate surface area is 112 Å². The highest BCUT2D eigenvalue weighted by Gasteiger charge is 2.05. The van der Waals surface area contributed by atoms with Crippen LogP contribution in [0.25, 0.3) is 0 Å². The van der Waals surface area contributed by atoms with E-state index in [1.807, 2.05) is 4.68 Å². The smallest absolute Gasteiger partial charge is 0.209 e. The molecule has 0 amide bonds. The van der Waals surface area contributed by atoms with Gasteiger partial charge in [0.25, 0.3) is 0 Å². The lowest BCUT2D eigenvalue weighted by Gasteiger charge is -2.07. The summed E-state index contributed by atoms with van der Waals surface area (Å²) >= 11 is 1.61. The fourth-order valence-corrected chi connectivity index (χ4v) is 2.17. The number of nitrogens with zero attached hydrogens (tertiary/aromatic N) is 5. The lowest BCUT2D eigenvalue weighted by molar-refractivity contribution is 0.482. The van der Waals surface area contributed by atoms with Crippen LogP contribution >= 0.6 is 11.8 Å². The standard InChI is InChI=1S/C11H20N6S/c1-10(2)9-13-6-7-17-11(14-15-16-17)18-8-4-3-5-12/h10,13H,3-4,6-9H2,1-2H3. The number of hydrogen-bond acceptors (Lipinski definition) is 6. The second-order valence-electron chi connectivity index (χ2n) is 4.39. The molecule has 0 aliphatic carbocycles. The third-order valence-corrected chi connectivity index (χ3v) is 3.26. The first-order valence-electron chi connectivity index (χ1n) is 6.20. The number of unbranched alkanes of at least 4 members (excludes halogenated alkanes) is 1. The third-order valence-electron chi connectivity index (χ3n) is 2.22. The minimum Gasteiger partial charge on any atom is -0.315 e. The molecule has 0 saturated heterocycles. The molecule has 0 atom stereocenters. The third kappa shape index (κ3) is 5.98. The highest BCUT2D eigenvalue weighted by molar-refractivity contribution is 7.99. The van der Waals surface area contributed by atoms with E-state index in [9.17, 15) is 0 Å². The number of aromatic nitrogens is 4. The molecule has 0 spiro atoms. The number of nitriles is 1. The Bertz CT molecular complexity index is 370. The van der Waals surface area contributed by atoms with Gasteiger partial charge in [-0.15, -0.1) is 5.10 Å². The first-order chi connectivity index (χ1) is 8.74. The van der Waals surface area contributed by atoms with Gasteiger partial charge in [-0.1, -0.05) is 25.6 Å². The summed E-state index contributed by atoms with van der Waals surface area (Å²) in [4.78, 5) is 0. The predicted molar refractivity (Wildman–Crippen MR) is 71.1 cm³/mol. The van der Waals surface area contributed by atoms with Gasteiger partial charge in [0.15, 0.2) is 0 Å². The first-order valence-corrected chi connectivity index (χ1v) is 7.19. The number of thioether (sulfide) groups is 1. The van der Waals surface area contributed by atoms with Crippen molar-refractivity contribution in [2.75, 3.05) is 18.8 Å². The maximum absolute atomic E-state index is 8.45. The van der Waals surface area contributed by atoms with Gasteiger partial charge >= 0.3 is 0 Å². The molecule has 1 aromatic rings. The van der Waals surface area contributed by atoms with Crippen molar-refractivity contribution in [3.63, 3.8) is 0 Å². The van der Waals surface area contributed by atoms with Crippen molar-refractivity contribution in [3.05, 3.63) is 0 Å². The van der Waals surface area contributed by atoms with Gasteiger partial charge in [0.05, 0.1) is 12.6 Å². The SMILES string of the molecule is CC(C)CNCCn1nnnc1SCCCC#N. The molecule has 6 nitrogen and oxygen atoms in total. The van der Waals surface area contributed by atoms with Crippen LogP contribution in [0.4, 0.5) is 0 Å². The summed E-state index contributed by atoms with van der Waals surface area (Å²) in [7, 11) is 0. The molecule has 0 radical (unpaired) electrons. The average Bonchev–Trinajstić information content (AvgIpc) is 2.78. The molecule has 1 heterocycles. The summed E-state index contributed by atoms with van der Waals surface area (Å²) in [6.45, 7) is 7.02. The quantitative estimate of drug-likeness (QED) is 0.537. The Balaban J connectivity index is 2.24. The molecule has 100 valence electrons. The molecule has 0 fully saturated rings. The van der Waals surface area contributed by atoms with E-state index in [4.69, 9.17) is 5.26 Å². The van der Waals surface area contributed by atoms with Crippen LogP contribution in [0, 0.1) is 17.2 Å². The van der Waals surface area contributed by atoms with Crippen LogP contribution in [-0.4, -0.2) is 39.0 Å². The maximum Gasteiger partial charge on any atom is 0.209 e. The van der Waals surface area contributed by atoms with Gasteiger partial charge in [-0.3, -0.25) is 0 Å². The summed E-state index contributed by atoms with van der Waals surface area (Å²) in [5.74, 6) is 1.53. The van der Waals surface area contributed by atoms with Crippen LogP contribution in [-0.2, 0) is 6.54 Å². The second-order valence-corrected chi connectivity index (χ2v) is 5.45. The summed E-state index contributed by atoms with van der Waals surface area (Å²) in [5.41, 5.74) is 0. The molecule has 1 rings (SSSR count). The number of nitrogens with one attached hydrogen (secondary N) is 1. The number of hydrogen-bond donors (Lipinski definition) is 1. The Morgan fingerprint density at radius 3 is 3.06 bits per heavy atom. The van der Waals surface area contributed by atoms with Gasteiger partial charge in [-0.05, 0) is 29.3 Å². The zero-order valence-corrected chi connectivity index (χ0v) is 11.8. The molecule has 0 unspecified atom stereocenters. The molecular weight excluding hydrogens is 248 g/mol. The number of tetrazole rings is 1. The Hall–Kier alpha value is -1.13. The Kier molecular flexibility index (Phi) is 7.37. The molecule has 18 heavy (non-hydrogen) atoms. The van der Waals surface area contributed by atoms with Gasteiger partial charge in [-0.25, -0.2) is 4.68 Å². The second kappa shape index (κ2) is 8.89. The van der Waals surface area contributed by atoms with Gasteiger partial charge in [0.2, 0.25) is 5.16 Å². The monoisotopic (exact) mass is 268 g/mol. The highest BCUT2D eigenvalue weighted by atomic mass is 32.2. The predicted octanol–water partition coefficient (Wildman–Crippen LogP) is 1.31. The number of rotatable bonds is 9. The van der Waals surface area contributed by atoms with Crippen LogP contribution in [0.2, 0.25) is 0 Å². The topological polar surface area (TPSA) is 79.4 Å². The van der Waals surface area contributed by atoms with Crippen LogP contribution in [0.1, 0.15) is 26.7 Å². The highest BCUT2D eigenvalue weighted by Crippen LogP contribution is 2.14. The minimum absolute atomic E-state index is 0.588. The fourth-order valence-electron chi connectivity index (χ4n) is 1.33. The van der Waals surface area contributed by atoms with Crippen molar-refractivity contribution in [2.45, 2.75) is 38.4 Å². The molecule has 1 aromatic heterocycles. The molecule has 0 aromatic carbocycles. The Morgan fingerprint density at radius 1 is 1.50 bits per heavy atom. The normalized spacial score (nSPS) is 10.8. The lowest BCUT2D eigenvalue weighted by Crippen LogP contribution is -2.24. The van der Waals surface area contributed by atoms with E-state index in [0.29, 0.717) is 12.3 Å². The lowest BCUT2D eigenvalue weighted by atomic mass is 10.2. The van der Waals surface area contributed by atoms with Crippen molar-refractivity contribution < 1.29 is 0 Å². The molecule has 0 saturated carbocycles. The fraction of sp³-hybridized carbons (Fsp3) is 0.818. The van der Waals surface area contributed by atoms with E-state index < -0.39 is 0 Å². The van der Waals surface area contributed by atoms with Gasteiger partial charge in [0.1, 0.15) is 0 Å². The van der Waals surface area contributed by atoms with E-state index in [2.05, 4.69) is 40.8 Å². The molecule has 1 N–H and O–H groups in total. The molecule has 0 aliphatic heterocycles. The van der Waals surface area contributed by atoms with Crippen LogP contribution < -0.4 is 5.32 Å². The summed E-state index contributed by atoms with van der Waals surface area (Å²) in [6.07, 6.45) is 1.46. The molecule has 7 heteroatoms. The minimum atomic E-state index is 0.588. The van der Waals surface area contributed by atoms with E-state index in [1.54, 1.807) is 11.8 Å². The maximum atomic E-state index is 8.45. The van der Waals surface area contributed by atoms with Crippen LogP contribution in [0.5, 0.6) is 0 Å². The van der Waals surface area contributed by atoms with Gasteiger partial charge in [0, 0.05) is 18.7 Å². The van der Waals surface area contributed by atoms with Crippen molar-refractivity contribution >= 4 is 11.8 Å². The zero-order valence-electron chi connectivity index (χ0n) is 11.0. The van der Waals surface area contributed by atoms with E-state index >= 15 is 0 Å². The van der Waals surface area contributed by atoms with Crippen LogP contribution in [0.15, 0.2) is 5.16 Å². The molecular formula is C11H20N6S. The summed E-state index contributed by atoms with van der Waals surface area (Å²) in [6, 6.07) is 2.13. The van der Waals surface area contributed by atoms with Crippen molar-refractivity contribution in [1.29, 1.82) is 5.26 Å². The molecule has 0 bridgehead atoms. The van der Waals surface area contributed by atoms with Crippen molar-refractivity contribution in [2.24, 2.45) is 5.92 Å². The molecule has 0 aliphatic rings. The zero-order chi connectivity index (χ0) is 13.2. The van der Waals surface area contributed by atoms with E-state index in [-0.39, 0.29) is 0 Å². The largest absolute Gasteiger partial charge is 0.315 e. The summed E-state index contributed by atoms with van der Waals surface area (Å²) < 4.78 is 1.81. The van der Waals surface area contributed by atoms with Gasteiger partial charge < -0.3 is 5.32 Å². The average molecular weight is 268 g/mol. The van der Waals surface area contributed by atoms with Crippen molar-refractivity contribution in [1.82, 2.24) is 25.5 Å². The Morgan fingerprint density at radius 2 is 2.33 bits per heavy atom.